The lowest BCUT2D eigenvalue weighted by atomic mass is 9.89. The first-order valence-electron chi connectivity index (χ1n) is 16.2. The standard InChI is InChI=1S/C36H42N4O7/c1-22-32(20-39-17-15-29(16-18-39)40-31-10-5-4-9-30(31)38-36(40)44)46-35(47-33(22)26-13-11-25(21-41)12-14-26)27-7-6-8-28(19-27)37-34(43)23(2)45-24(3)42/h4-14,19,22-23,29,32-33,35,41H,15-18,20-21H2,1-3H3,(H,37,43)(H,38,44)/t22-,23-,32+,33+,35+/m0/s1. The molecule has 2 saturated heterocycles. The summed E-state index contributed by atoms with van der Waals surface area (Å²) >= 11 is 0. The summed E-state index contributed by atoms with van der Waals surface area (Å²) in [6.45, 7) is 7.23. The molecule has 0 bridgehead atoms. The van der Waals surface area contributed by atoms with Crippen molar-refractivity contribution in [3.8, 4) is 0 Å². The van der Waals surface area contributed by atoms with Crippen molar-refractivity contribution in [3.05, 3.63) is 100.0 Å². The summed E-state index contributed by atoms with van der Waals surface area (Å²) in [6, 6.07) is 23.0. The lowest BCUT2D eigenvalue weighted by Gasteiger charge is -2.44. The molecule has 11 nitrogen and oxygen atoms in total. The number of carbonyl (C=O) groups excluding carboxylic acids is 2. The van der Waals surface area contributed by atoms with Crippen molar-refractivity contribution in [2.45, 2.75) is 70.9 Å². The third-order valence-corrected chi connectivity index (χ3v) is 9.25. The van der Waals surface area contributed by atoms with Crippen LogP contribution in [-0.2, 0) is 30.4 Å². The minimum atomic E-state index is -0.937. The second-order valence-electron chi connectivity index (χ2n) is 12.5. The van der Waals surface area contributed by atoms with E-state index in [-0.39, 0.29) is 36.5 Å². The summed E-state index contributed by atoms with van der Waals surface area (Å²) in [5.74, 6) is -0.957. The SMILES string of the molecule is CC(=O)O[C@@H](C)C(=O)Nc1cccc([C@@H]2O[C@H](CN3CCC(n4c(=O)[nH]c5ccccc54)CC3)[C@H](C)[C@H](c3ccc(CO)cc3)O2)c1. The van der Waals surface area contributed by atoms with E-state index in [2.05, 4.69) is 22.1 Å². The molecule has 6 rings (SSSR count). The number of fused-ring (bicyclic) bond motifs is 1. The molecule has 0 radical (unpaired) electrons. The monoisotopic (exact) mass is 642 g/mol. The van der Waals surface area contributed by atoms with Crippen molar-refractivity contribution >= 4 is 28.6 Å². The molecule has 2 aliphatic rings. The number of imidazole rings is 1. The zero-order chi connectivity index (χ0) is 33.1. The van der Waals surface area contributed by atoms with Gasteiger partial charge in [-0.05, 0) is 55.2 Å². The average molecular weight is 643 g/mol. The Morgan fingerprint density at radius 1 is 1.02 bits per heavy atom. The number of aromatic nitrogens is 2. The van der Waals surface area contributed by atoms with Crippen LogP contribution in [0.3, 0.4) is 0 Å². The summed E-state index contributed by atoms with van der Waals surface area (Å²) in [6.07, 6.45) is -0.399. The largest absolute Gasteiger partial charge is 0.453 e. The van der Waals surface area contributed by atoms with E-state index in [1.165, 1.54) is 13.8 Å². The van der Waals surface area contributed by atoms with E-state index >= 15 is 0 Å². The Hall–Kier alpha value is -4.29. The molecule has 3 aromatic carbocycles. The van der Waals surface area contributed by atoms with Gasteiger partial charge in [0.05, 0.1) is 29.8 Å². The minimum Gasteiger partial charge on any atom is -0.453 e. The fraction of sp³-hybridized carbons (Fsp3) is 0.417. The molecule has 2 fully saturated rings. The molecular weight excluding hydrogens is 600 g/mol. The molecule has 0 aliphatic carbocycles. The van der Waals surface area contributed by atoms with Crippen molar-refractivity contribution in [2.24, 2.45) is 5.92 Å². The number of carbonyl (C=O) groups is 2. The Labute approximate surface area is 273 Å². The van der Waals surface area contributed by atoms with E-state index in [1.54, 1.807) is 6.07 Å². The van der Waals surface area contributed by atoms with Crippen LogP contribution >= 0.6 is 0 Å². The van der Waals surface area contributed by atoms with Crippen molar-refractivity contribution in [3.63, 3.8) is 0 Å². The van der Waals surface area contributed by atoms with Crippen LogP contribution in [0.1, 0.15) is 68.7 Å². The number of rotatable bonds is 9. The van der Waals surface area contributed by atoms with Crippen LogP contribution < -0.4 is 11.0 Å². The van der Waals surface area contributed by atoms with Gasteiger partial charge in [-0.25, -0.2) is 4.79 Å². The second-order valence-corrected chi connectivity index (χ2v) is 12.5. The molecule has 0 unspecified atom stereocenters. The molecule has 0 spiro atoms. The third kappa shape index (κ3) is 7.33. The molecule has 3 N–H and O–H groups in total. The number of amides is 1. The zero-order valence-electron chi connectivity index (χ0n) is 26.9. The van der Waals surface area contributed by atoms with Gasteiger partial charge in [-0.15, -0.1) is 0 Å². The lowest BCUT2D eigenvalue weighted by molar-refractivity contribution is -0.276. The molecule has 1 amide bonds. The maximum atomic E-state index is 12.8. The minimum absolute atomic E-state index is 0.00708. The molecule has 1 aromatic heterocycles. The number of likely N-dealkylation sites (tertiary alicyclic amines) is 1. The first-order valence-corrected chi connectivity index (χ1v) is 16.2. The van der Waals surface area contributed by atoms with Gasteiger partial charge in [-0.3, -0.25) is 14.2 Å². The van der Waals surface area contributed by atoms with Gasteiger partial charge >= 0.3 is 11.7 Å². The predicted octanol–water partition coefficient (Wildman–Crippen LogP) is 4.84. The smallest absolute Gasteiger partial charge is 0.326 e. The number of nitrogens with zero attached hydrogens (tertiary/aromatic N) is 2. The number of esters is 1. The Bertz CT molecular complexity index is 1760. The number of hydrogen-bond acceptors (Lipinski definition) is 8. The molecule has 4 aromatic rings. The highest BCUT2D eigenvalue weighted by Gasteiger charge is 2.40. The van der Waals surface area contributed by atoms with E-state index in [4.69, 9.17) is 14.2 Å². The normalized spacial score (nSPS) is 23.0. The van der Waals surface area contributed by atoms with Crippen LogP contribution in [0.25, 0.3) is 11.0 Å². The van der Waals surface area contributed by atoms with E-state index in [0.717, 1.165) is 53.7 Å². The highest BCUT2D eigenvalue weighted by molar-refractivity contribution is 5.95. The Morgan fingerprint density at radius 2 is 1.77 bits per heavy atom. The molecule has 0 saturated carbocycles. The van der Waals surface area contributed by atoms with E-state index in [9.17, 15) is 19.5 Å². The van der Waals surface area contributed by atoms with Crippen molar-refractivity contribution in [1.29, 1.82) is 0 Å². The van der Waals surface area contributed by atoms with Gasteiger partial charge in [-0.1, -0.05) is 55.5 Å². The van der Waals surface area contributed by atoms with Gasteiger partial charge in [0, 0.05) is 49.8 Å². The molecule has 3 heterocycles. The number of hydrogen-bond donors (Lipinski definition) is 3. The highest BCUT2D eigenvalue weighted by atomic mass is 16.7. The van der Waals surface area contributed by atoms with Crippen LogP contribution in [0.5, 0.6) is 0 Å². The van der Waals surface area contributed by atoms with Gasteiger partial charge < -0.3 is 34.5 Å². The topological polar surface area (TPSA) is 135 Å². The summed E-state index contributed by atoms with van der Waals surface area (Å²) in [5.41, 5.74) is 4.82. The highest BCUT2D eigenvalue weighted by Crippen LogP contribution is 2.42. The summed E-state index contributed by atoms with van der Waals surface area (Å²) in [5, 5.41) is 12.4. The quantitative estimate of drug-likeness (QED) is 0.221. The van der Waals surface area contributed by atoms with E-state index in [1.807, 2.05) is 71.3 Å². The molecular formula is C36H42N4O7. The molecule has 248 valence electrons. The third-order valence-electron chi connectivity index (χ3n) is 9.25. The van der Waals surface area contributed by atoms with Gasteiger partial charge in [0.2, 0.25) is 0 Å². The Kier molecular flexibility index (Phi) is 9.88. The zero-order valence-corrected chi connectivity index (χ0v) is 26.9. The first-order chi connectivity index (χ1) is 22.7. The van der Waals surface area contributed by atoms with E-state index < -0.39 is 24.3 Å². The number of H-pyrrole nitrogens is 1. The van der Waals surface area contributed by atoms with Gasteiger partial charge in [0.1, 0.15) is 0 Å². The maximum Gasteiger partial charge on any atom is 0.326 e. The van der Waals surface area contributed by atoms with Crippen molar-refractivity contribution < 1.29 is 28.9 Å². The Balaban J connectivity index is 1.19. The summed E-state index contributed by atoms with van der Waals surface area (Å²) in [4.78, 5) is 42.2. The number of para-hydroxylation sites is 2. The second kappa shape index (κ2) is 14.2. The number of aliphatic hydroxyl groups is 1. The molecule has 11 heteroatoms. The summed E-state index contributed by atoms with van der Waals surface area (Å²) < 4.78 is 20.2. The van der Waals surface area contributed by atoms with Crippen molar-refractivity contribution in [1.82, 2.24) is 14.5 Å². The fourth-order valence-corrected chi connectivity index (χ4v) is 6.69. The van der Waals surface area contributed by atoms with Crippen LogP contribution in [-0.4, -0.2) is 63.3 Å². The van der Waals surface area contributed by atoms with Gasteiger partial charge in [0.15, 0.2) is 12.4 Å². The van der Waals surface area contributed by atoms with Crippen LogP contribution in [0.4, 0.5) is 5.69 Å². The molecule has 47 heavy (non-hydrogen) atoms. The fourth-order valence-electron chi connectivity index (χ4n) is 6.69. The number of aliphatic hydroxyl groups excluding tert-OH is 1. The predicted molar refractivity (Wildman–Crippen MR) is 177 cm³/mol. The number of aromatic amines is 1. The molecule has 5 atom stereocenters. The number of ether oxygens (including phenoxy) is 3. The first kappa shape index (κ1) is 32.6. The van der Waals surface area contributed by atoms with Crippen molar-refractivity contribution in [2.75, 3.05) is 25.0 Å². The van der Waals surface area contributed by atoms with E-state index in [0.29, 0.717) is 12.2 Å². The van der Waals surface area contributed by atoms with Crippen LogP contribution in [0.2, 0.25) is 0 Å². The number of anilines is 1. The number of benzene rings is 3. The number of nitrogens with one attached hydrogen (secondary N) is 2. The lowest BCUT2D eigenvalue weighted by Crippen LogP contribution is -2.47. The maximum absolute atomic E-state index is 12.8. The Morgan fingerprint density at radius 3 is 2.49 bits per heavy atom. The average Bonchev–Trinajstić information content (AvgIpc) is 3.41. The van der Waals surface area contributed by atoms with Crippen LogP contribution in [0.15, 0.2) is 77.6 Å². The summed E-state index contributed by atoms with van der Waals surface area (Å²) in [7, 11) is 0. The van der Waals surface area contributed by atoms with Gasteiger partial charge in [-0.2, -0.15) is 0 Å². The molecule has 2 aliphatic heterocycles. The number of piperidine rings is 1. The van der Waals surface area contributed by atoms with Gasteiger partial charge in [0.25, 0.3) is 5.91 Å². The van der Waals surface area contributed by atoms with Crippen LogP contribution in [0, 0.1) is 5.92 Å².